The van der Waals surface area contributed by atoms with Crippen LogP contribution in [0.2, 0.25) is 0 Å². The molecule has 1 aromatic rings. The highest BCUT2D eigenvalue weighted by molar-refractivity contribution is 5.82. The van der Waals surface area contributed by atoms with E-state index >= 15 is 0 Å². The Bertz CT molecular complexity index is 450. The molecule has 5 nitrogen and oxygen atoms in total. The SMILES string of the molecule is CCC1C(=O)NCCN1CC(O)c1cccc(N)c1. The Morgan fingerprint density at radius 2 is 2.37 bits per heavy atom. The third-order valence-electron chi connectivity index (χ3n) is 3.53. The summed E-state index contributed by atoms with van der Waals surface area (Å²) in [5.41, 5.74) is 7.15. The maximum atomic E-state index is 11.8. The topological polar surface area (TPSA) is 78.6 Å². The van der Waals surface area contributed by atoms with E-state index in [1.54, 1.807) is 12.1 Å². The average Bonchev–Trinajstić information content (AvgIpc) is 2.39. The number of anilines is 1. The highest BCUT2D eigenvalue weighted by Crippen LogP contribution is 2.19. The molecular weight excluding hydrogens is 242 g/mol. The maximum absolute atomic E-state index is 11.8. The number of β-amino-alcohol motifs (C(OH)–C–C–N with tert-alkyl or cyclic N) is 1. The molecule has 1 aliphatic rings. The van der Waals surface area contributed by atoms with E-state index in [1.807, 2.05) is 24.0 Å². The van der Waals surface area contributed by atoms with Gasteiger partial charge in [-0.25, -0.2) is 0 Å². The van der Waals surface area contributed by atoms with E-state index in [0.29, 0.717) is 18.8 Å². The van der Waals surface area contributed by atoms with Gasteiger partial charge in [-0.15, -0.1) is 0 Å². The number of nitrogens with two attached hydrogens (primary N) is 1. The summed E-state index contributed by atoms with van der Waals surface area (Å²) in [5, 5.41) is 13.1. The van der Waals surface area contributed by atoms with Crippen LogP contribution in [-0.2, 0) is 4.79 Å². The summed E-state index contributed by atoms with van der Waals surface area (Å²) in [6.07, 6.45) is 0.124. The molecule has 0 spiro atoms. The predicted octanol–water partition coefficient (Wildman–Crippen LogP) is 0.513. The van der Waals surface area contributed by atoms with E-state index in [9.17, 15) is 9.90 Å². The summed E-state index contributed by atoms with van der Waals surface area (Å²) in [7, 11) is 0. The van der Waals surface area contributed by atoms with Crippen molar-refractivity contribution in [3.63, 3.8) is 0 Å². The van der Waals surface area contributed by atoms with E-state index < -0.39 is 6.10 Å². The number of nitrogen functional groups attached to an aromatic ring is 1. The van der Waals surface area contributed by atoms with Crippen LogP contribution in [0.1, 0.15) is 25.0 Å². The molecule has 1 aromatic carbocycles. The number of carbonyl (C=O) groups excluding carboxylic acids is 1. The van der Waals surface area contributed by atoms with E-state index in [4.69, 9.17) is 5.73 Å². The summed E-state index contributed by atoms with van der Waals surface area (Å²) < 4.78 is 0. The van der Waals surface area contributed by atoms with Crippen LogP contribution in [0.3, 0.4) is 0 Å². The molecule has 2 unspecified atom stereocenters. The first-order chi connectivity index (χ1) is 9.11. The van der Waals surface area contributed by atoms with E-state index in [1.165, 1.54) is 0 Å². The minimum atomic E-state index is -0.622. The van der Waals surface area contributed by atoms with Gasteiger partial charge < -0.3 is 16.2 Å². The molecule has 2 rings (SSSR count). The number of hydrogen-bond acceptors (Lipinski definition) is 4. The first-order valence-corrected chi connectivity index (χ1v) is 6.67. The Balaban J connectivity index is 2.05. The van der Waals surface area contributed by atoms with Crippen molar-refractivity contribution in [1.82, 2.24) is 10.2 Å². The maximum Gasteiger partial charge on any atom is 0.237 e. The number of aliphatic hydroxyl groups is 1. The van der Waals surface area contributed by atoms with Crippen molar-refractivity contribution in [3.8, 4) is 0 Å². The Kier molecular flexibility index (Phi) is 4.39. The molecule has 5 heteroatoms. The Morgan fingerprint density at radius 3 is 3.05 bits per heavy atom. The van der Waals surface area contributed by atoms with E-state index in [-0.39, 0.29) is 11.9 Å². The van der Waals surface area contributed by atoms with Crippen molar-refractivity contribution in [2.75, 3.05) is 25.4 Å². The lowest BCUT2D eigenvalue weighted by atomic mass is 10.1. The molecule has 0 aromatic heterocycles. The fourth-order valence-electron chi connectivity index (χ4n) is 2.52. The van der Waals surface area contributed by atoms with Crippen molar-refractivity contribution < 1.29 is 9.90 Å². The molecule has 1 fully saturated rings. The molecule has 0 saturated carbocycles. The number of aliphatic hydroxyl groups excluding tert-OH is 1. The number of amides is 1. The number of hydrogen-bond donors (Lipinski definition) is 3. The highest BCUT2D eigenvalue weighted by atomic mass is 16.3. The van der Waals surface area contributed by atoms with Crippen molar-refractivity contribution >= 4 is 11.6 Å². The lowest BCUT2D eigenvalue weighted by molar-refractivity contribution is -0.129. The summed E-state index contributed by atoms with van der Waals surface area (Å²) in [4.78, 5) is 13.8. The predicted molar refractivity (Wildman–Crippen MR) is 74.5 cm³/mol. The number of benzene rings is 1. The van der Waals surface area contributed by atoms with E-state index in [0.717, 1.165) is 18.5 Å². The van der Waals surface area contributed by atoms with Gasteiger partial charge in [-0.2, -0.15) is 0 Å². The van der Waals surface area contributed by atoms with Gasteiger partial charge in [0.05, 0.1) is 12.1 Å². The number of nitrogens with one attached hydrogen (secondary N) is 1. The Morgan fingerprint density at radius 1 is 1.58 bits per heavy atom. The number of piperazine rings is 1. The quantitative estimate of drug-likeness (QED) is 0.692. The molecular formula is C14H21N3O2. The third-order valence-corrected chi connectivity index (χ3v) is 3.53. The zero-order valence-electron chi connectivity index (χ0n) is 11.2. The van der Waals surface area contributed by atoms with E-state index in [2.05, 4.69) is 5.32 Å². The number of nitrogens with zero attached hydrogens (tertiary/aromatic N) is 1. The van der Waals surface area contributed by atoms with Crippen LogP contribution in [0, 0.1) is 0 Å². The summed E-state index contributed by atoms with van der Waals surface area (Å²) in [6, 6.07) is 7.10. The monoisotopic (exact) mass is 263 g/mol. The Labute approximate surface area is 113 Å². The molecule has 19 heavy (non-hydrogen) atoms. The molecule has 0 bridgehead atoms. The molecule has 4 N–H and O–H groups in total. The smallest absolute Gasteiger partial charge is 0.237 e. The average molecular weight is 263 g/mol. The summed E-state index contributed by atoms with van der Waals surface area (Å²) in [5.74, 6) is 0.0496. The minimum Gasteiger partial charge on any atom is -0.399 e. The normalized spacial score (nSPS) is 22.0. The Hall–Kier alpha value is -1.59. The van der Waals surface area contributed by atoms with Gasteiger partial charge in [0, 0.05) is 25.3 Å². The van der Waals surface area contributed by atoms with Crippen LogP contribution in [0.15, 0.2) is 24.3 Å². The molecule has 2 atom stereocenters. The fraction of sp³-hybridized carbons (Fsp3) is 0.500. The van der Waals surface area contributed by atoms with Crippen molar-refractivity contribution in [2.24, 2.45) is 0 Å². The van der Waals surface area contributed by atoms with Crippen molar-refractivity contribution in [2.45, 2.75) is 25.5 Å². The second-order valence-electron chi connectivity index (χ2n) is 4.90. The van der Waals surface area contributed by atoms with Crippen LogP contribution >= 0.6 is 0 Å². The minimum absolute atomic E-state index is 0.0496. The molecule has 1 amide bonds. The zero-order valence-corrected chi connectivity index (χ0v) is 11.2. The van der Waals surface area contributed by atoms with Gasteiger partial charge >= 0.3 is 0 Å². The first-order valence-electron chi connectivity index (χ1n) is 6.67. The molecule has 104 valence electrons. The highest BCUT2D eigenvalue weighted by Gasteiger charge is 2.29. The second kappa shape index (κ2) is 6.04. The van der Waals surface area contributed by atoms with Crippen LogP contribution < -0.4 is 11.1 Å². The second-order valence-corrected chi connectivity index (χ2v) is 4.90. The lowest BCUT2D eigenvalue weighted by Crippen LogP contribution is -2.55. The molecule has 0 aliphatic carbocycles. The lowest BCUT2D eigenvalue weighted by Gasteiger charge is -2.35. The molecule has 1 heterocycles. The van der Waals surface area contributed by atoms with Crippen LogP contribution in [0.4, 0.5) is 5.69 Å². The van der Waals surface area contributed by atoms with Crippen molar-refractivity contribution in [1.29, 1.82) is 0 Å². The van der Waals surface area contributed by atoms with Crippen LogP contribution in [0.25, 0.3) is 0 Å². The summed E-state index contributed by atoms with van der Waals surface area (Å²) in [6.45, 7) is 3.84. The van der Waals surface area contributed by atoms with Gasteiger partial charge in [-0.05, 0) is 24.1 Å². The summed E-state index contributed by atoms with van der Waals surface area (Å²) >= 11 is 0. The van der Waals surface area contributed by atoms with Gasteiger partial charge in [0.2, 0.25) is 5.91 Å². The largest absolute Gasteiger partial charge is 0.399 e. The van der Waals surface area contributed by atoms with Gasteiger partial charge in [-0.3, -0.25) is 9.69 Å². The van der Waals surface area contributed by atoms with Gasteiger partial charge in [0.15, 0.2) is 0 Å². The van der Waals surface area contributed by atoms with Crippen molar-refractivity contribution in [3.05, 3.63) is 29.8 Å². The van der Waals surface area contributed by atoms with Gasteiger partial charge in [0.25, 0.3) is 0 Å². The third kappa shape index (κ3) is 3.24. The first kappa shape index (κ1) is 13.8. The molecule has 1 aliphatic heterocycles. The zero-order chi connectivity index (χ0) is 13.8. The number of carbonyl (C=O) groups is 1. The van der Waals surface area contributed by atoms with Gasteiger partial charge in [0.1, 0.15) is 0 Å². The van der Waals surface area contributed by atoms with Crippen LogP contribution in [-0.4, -0.2) is 41.6 Å². The fourth-order valence-corrected chi connectivity index (χ4v) is 2.52. The standard InChI is InChI=1S/C14H21N3O2/c1-2-12-14(19)16-6-7-17(12)9-13(18)10-4-3-5-11(15)8-10/h3-5,8,12-13,18H,2,6-7,9,15H2,1H3,(H,16,19). The number of rotatable bonds is 4. The van der Waals surface area contributed by atoms with Gasteiger partial charge in [-0.1, -0.05) is 19.1 Å². The van der Waals surface area contributed by atoms with Crippen LogP contribution in [0.5, 0.6) is 0 Å². The molecule has 1 saturated heterocycles. The molecule has 0 radical (unpaired) electrons.